The fraction of sp³-hybridized carbons (Fsp3) is 1.00. The van der Waals surface area contributed by atoms with Gasteiger partial charge in [0.2, 0.25) is 0 Å². The van der Waals surface area contributed by atoms with Gasteiger partial charge >= 0.3 is 0 Å². The number of hydrogen-bond acceptors (Lipinski definition) is 1. The van der Waals surface area contributed by atoms with Crippen molar-refractivity contribution in [2.75, 3.05) is 13.2 Å². The average molecular weight is 226 g/mol. The largest absolute Gasteiger partial charge is 0.381 e. The predicted octanol–water partition coefficient (Wildman–Crippen LogP) is 4.37. The van der Waals surface area contributed by atoms with Gasteiger partial charge in [0.25, 0.3) is 0 Å². The van der Waals surface area contributed by atoms with E-state index < -0.39 is 0 Å². The minimum absolute atomic E-state index is 0.286. The van der Waals surface area contributed by atoms with Crippen LogP contribution in [0.1, 0.15) is 55.4 Å². The predicted molar refractivity (Wildman–Crippen MR) is 70.5 cm³/mol. The van der Waals surface area contributed by atoms with Gasteiger partial charge in [-0.25, -0.2) is 0 Å². The zero-order valence-electron chi connectivity index (χ0n) is 12.5. The molecule has 1 aliphatic heterocycles. The lowest BCUT2D eigenvalue weighted by molar-refractivity contribution is -0.142. The van der Waals surface area contributed by atoms with Crippen LogP contribution in [-0.4, -0.2) is 13.2 Å². The van der Waals surface area contributed by atoms with Crippen molar-refractivity contribution in [1.82, 2.24) is 0 Å². The lowest BCUT2D eigenvalue weighted by atomic mass is 9.55. The van der Waals surface area contributed by atoms with Crippen molar-refractivity contribution in [3.63, 3.8) is 0 Å². The summed E-state index contributed by atoms with van der Waals surface area (Å²) < 4.78 is 5.85. The fourth-order valence-corrected chi connectivity index (χ4v) is 3.71. The van der Waals surface area contributed by atoms with E-state index >= 15 is 0 Å². The summed E-state index contributed by atoms with van der Waals surface area (Å²) in [5, 5.41) is 0. The monoisotopic (exact) mass is 226 g/mol. The quantitative estimate of drug-likeness (QED) is 0.596. The first-order valence-corrected chi connectivity index (χ1v) is 6.54. The topological polar surface area (TPSA) is 9.23 Å². The maximum absolute atomic E-state index is 5.85. The molecule has 1 fully saturated rings. The van der Waals surface area contributed by atoms with E-state index in [0.717, 1.165) is 13.2 Å². The van der Waals surface area contributed by atoms with Crippen molar-refractivity contribution >= 4 is 0 Å². The summed E-state index contributed by atoms with van der Waals surface area (Å²) in [7, 11) is 0. The maximum atomic E-state index is 5.85. The molecule has 0 amide bonds. The van der Waals surface area contributed by atoms with Gasteiger partial charge in [-0.3, -0.25) is 0 Å². The molecule has 0 aromatic heterocycles. The zero-order valence-corrected chi connectivity index (χ0v) is 12.5. The van der Waals surface area contributed by atoms with Gasteiger partial charge in [-0.1, -0.05) is 55.4 Å². The van der Waals surface area contributed by atoms with Crippen LogP contribution in [0.5, 0.6) is 0 Å². The normalized spacial score (nSPS) is 31.5. The Bertz CT molecular complexity index is 239. The van der Waals surface area contributed by atoms with Gasteiger partial charge in [0, 0.05) is 0 Å². The summed E-state index contributed by atoms with van der Waals surface area (Å²) in [5.74, 6) is 1.37. The van der Waals surface area contributed by atoms with E-state index in [2.05, 4.69) is 55.4 Å². The Balaban J connectivity index is 3.08. The van der Waals surface area contributed by atoms with Gasteiger partial charge in [0.05, 0.1) is 13.2 Å². The molecule has 1 heteroatoms. The first kappa shape index (κ1) is 14.0. The van der Waals surface area contributed by atoms with Crippen LogP contribution in [0.4, 0.5) is 0 Å². The Morgan fingerprint density at radius 2 is 1.44 bits per heavy atom. The first-order valence-electron chi connectivity index (χ1n) is 6.54. The van der Waals surface area contributed by atoms with Crippen molar-refractivity contribution < 1.29 is 4.74 Å². The molecule has 0 radical (unpaired) electrons. The first-order chi connectivity index (χ1) is 6.96. The number of rotatable bonds is 0. The summed E-state index contributed by atoms with van der Waals surface area (Å²) in [6.45, 7) is 20.7. The third-order valence-electron chi connectivity index (χ3n) is 4.06. The number of ether oxygens (including phenoxy) is 1. The van der Waals surface area contributed by atoms with Crippen LogP contribution in [0.2, 0.25) is 0 Å². The molecule has 1 nitrogen and oxygen atoms in total. The van der Waals surface area contributed by atoms with Crippen molar-refractivity contribution in [3.8, 4) is 0 Å². The molecule has 1 rings (SSSR count). The summed E-state index contributed by atoms with van der Waals surface area (Å²) >= 11 is 0. The molecular formula is C15H30O. The smallest absolute Gasteiger partial charge is 0.0520 e. The van der Waals surface area contributed by atoms with E-state index in [9.17, 15) is 0 Å². The second-order valence-electron chi connectivity index (χ2n) is 8.32. The fourth-order valence-electron chi connectivity index (χ4n) is 3.71. The van der Waals surface area contributed by atoms with Gasteiger partial charge in [-0.2, -0.15) is 0 Å². The van der Waals surface area contributed by atoms with Crippen LogP contribution < -0.4 is 0 Å². The summed E-state index contributed by atoms with van der Waals surface area (Å²) in [6, 6.07) is 0. The molecule has 0 bridgehead atoms. The highest BCUT2D eigenvalue weighted by molar-refractivity contribution is 4.97. The minimum atomic E-state index is 0.286. The Hall–Kier alpha value is -0.0400. The van der Waals surface area contributed by atoms with Gasteiger partial charge < -0.3 is 4.74 Å². The third kappa shape index (κ3) is 2.80. The average Bonchev–Trinajstić information content (AvgIpc) is 1.97. The van der Waals surface area contributed by atoms with E-state index in [1.807, 2.05) is 0 Å². The second-order valence-corrected chi connectivity index (χ2v) is 8.32. The summed E-state index contributed by atoms with van der Waals surface area (Å²) in [6.07, 6.45) is 0. The highest BCUT2D eigenvalue weighted by atomic mass is 16.5. The molecule has 0 aromatic rings. The Morgan fingerprint density at radius 1 is 0.938 bits per heavy atom. The SMILES string of the molecule is CC(C)(C)C1COCC(C)(C)C1C(C)(C)C. The van der Waals surface area contributed by atoms with Crippen molar-refractivity contribution in [1.29, 1.82) is 0 Å². The lowest BCUT2D eigenvalue weighted by Gasteiger charge is -2.54. The van der Waals surface area contributed by atoms with Gasteiger partial charge in [0.15, 0.2) is 0 Å². The minimum Gasteiger partial charge on any atom is -0.381 e. The van der Waals surface area contributed by atoms with E-state index in [4.69, 9.17) is 4.74 Å². The van der Waals surface area contributed by atoms with Crippen LogP contribution in [0.25, 0.3) is 0 Å². The summed E-state index contributed by atoms with van der Waals surface area (Å²) in [4.78, 5) is 0. The molecule has 1 aliphatic rings. The van der Waals surface area contributed by atoms with Gasteiger partial charge in [0.1, 0.15) is 0 Å². The van der Waals surface area contributed by atoms with E-state index in [0.29, 0.717) is 22.7 Å². The highest BCUT2D eigenvalue weighted by Gasteiger charge is 2.49. The number of hydrogen-bond donors (Lipinski definition) is 0. The van der Waals surface area contributed by atoms with Gasteiger partial charge in [-0.15, -0.1) is 0 Å². The summed E-state index contributed by atoms with van der Waals surface area (Å²) in [5.41, 5.74) is 0.968. The van der Waals surface area contributed by atoms with E-state index in [1.54, 1.807) is 0 Å². The van der Waals surface area contributed by atoms with Crippen molar-refractivity contribution in [3.05, 3.63) is 0 Å². The molecule has 16 heavy (non-hydrogen) atoms. The molecule has 0 N–H and O–H groups in total. The Labute approximate surface area is 102 Å². The lowest BCUT2D eigenvalue weighted by Crippen LogP contribution is -2.52. The molecule has 1 heterocycles. The zero-order chi connectivity index (χ0) is 12.8. The molecule has 0 aromatic carbocycles. The molecule has 0 saturated carbocycles. The third-order valence-corrected chi connectivity index (χ3v) is 4.06. The Kier molecular flexibility index (Phi) is 3.52. The molecule has 96 valence electrons. The van der Waals surface area contributed by atoms with Gasteiger partial charge in [-0.05, 0) is 28.1 Å². The van der Waals surface area contributed by atoms with E-state index in [-0.39, 0.29) is 5.41 Å². The second kappa shape index (κ2) is 4.01. The van der Waals surface area contributed by atoms with Crippen LogP contribution in [-0.2, 0) is 4.74 Å². The molecule has 0 aliphatic carbocycles. The maximum Gasteiger partial charge on any atom is 0.0520 e. The highest BCUT2D eigenvalue weighted by Crippen LogP contribution is 2.52. The van der Waals surface area contributed by atoms with Crippen LogP contribution in [0, 0.1) is 28.1 Å². The standard InChI is InChI=1S/C15H30O/c1-13(2,3)11-9-16-10-15(7,8)12(11)14(4,5)6/h11-12H,9-10H2,1-8H3. The Morgan fingerprint density at radius 3 is 1.75 bits per heavy atom. The molecule has 2 unspecified atom stereocenters. The molecule has 2 atom stereocenters. The van der Waals surface area contributed by atoms with Crippen LogP contribution in [0.3, 0.4) is 0 Å². The van der Waals surface area contributed by atoms with Crippen LogP contribution >= 0.6 is 0 Å². The van der Waals surface area contributed by atoms with Crippen molar-refractivity contribution in [2.24, 2.45) is 28.1 Å². The van der Waals surface area contributed by atoms with Crippen molar-refractivity contribution in [2.45, 2.75) is 55.4 Å². The molecule has 1 saturated heterocycles. The van der Waals surface area contributed by atoms with E-state index in [1.165, 1.54) is 0 Å². The molecule has 0 spiro atoms. The van der Waals surface area contributed by atoms with Crippen LogP contribution in [0.15, 0.2) is 0 Å². The molecular weight excluding hydrogens is 196 g/mol.